The number of aryl methyl sites for hydroxylation is 1. The van der Waals surface area contributed by atoms with Gasteiger partial charge in [-0.3, -0.25) is 9.58 Å². The second-order valence-electron chi connectivity index (χ2n) is 6.94. The molecule has 0 saturated carbocycles. The number of piperazine rings is 1. The molecule has 1 aromatic rings. The number of hydrogen-bond donors (Lipinski definition) is 1. The summed E-state index contributed by atoms with van der Waals surface area (Å²) in [6.07, 6.45) is 5.36. The van der Waals surface area contributed by atoms with Crippen molar-refractivity contribution in [2.24, 2.45) is 13.0 Å². The first-order valence-electron chi connectivity index (χ1n) is 8.66. The average Bonchev–Trinajstić information content (AvgIpc) is 2.86. The van der Waals surface area contributed by atoms with Crippen LogP contribution < -0.4 is 0 Å². The normalized spacial score (nSPS) is 17.0. The molecule has 0 amide bonds. The van der Waals surface area contributed by atoms with E-state index in [-0.39, 0.29) is 0 Å². The molecule has 130 valence electrons. The summed E-state index contributed by atoms with van der Waals surface area (Å²) in [5.74, 6) is -0.0916. The van der Waals surface area contributed by atoms with E-state index in [1.807, 2.05) is 7.05 Å². The fourth-order valence-corrected chi connectivity index (χ4v) is 3.10. The lowest BCUT2D eigenvalue weighted by atomic mass is 10.1. The molecule has 2 heterocycles. The third-order valence-corrected chi connectivity index (χ3v) is 4.64. The van der Waals surface area contributed by atoms with E-state index in [9.17, 15) is 9.90 Å². The average molecular weight is 322 g/mol. The van der Waals surface area contributed by atoms with Crippen LogP contribution in [-0.2, 0) is 13.6 Å². The lowest BCUT2D eigenvalue weighted by molar-refractivity contribution is 0.0692. The number of rotatable bonds is 8. The summed E-state index contributed by atoms with van der Waals surface area (Å²) in [6.45, 7) is 10.5. The van der Waals surface area contributed by atoms with Crippen molar-refractivity contribution in [2.75, 3.05) is 32.7 Å². The number of carbonyl (C=O) groups is 1. The molecule has 0 aromatic carbocycles. The monoisotopic (exact) mass is 322 g/mol. The summed E-state index contributed by atoms with van der Waals surface area (Å²) >= 11 is 0. The standard InChI is InChI=1S/C17H30N4O2/c1-14(2)6-4-5-7-20-8-10-21(11-9-20)13-16-15(17(22)23)12-18-19(16)3/h12,14H,4-11,13H2,1-3H3,(H,22,23). The van der Waals surface area contributed by atoms with E-state index in [2.05, 4.69) is 28.7 Å². The highest BCUT2D eigenvalue weighted by molar-refractivity contribution is 5.88. The molecule has 6 nitrogen and oxygen atoms in total. The van der Waals surface area contributed by atoms with Crippen molar-refractivity contribution < 1.29 is 9.90 Å². The van der Waals surface area contributed by atoms with Gasteiger partial charge in [-0.1, -0.05) is 26.7 Å². The first-order chi connectivity index (χ1) is 11.0. The SMILES string of the molecule is CC(C)CCCCN1CCN(Cc2c(C(=O)O)cnn2C)CC1. The Balaban J connectivity index is 1.75. The Hall–Kier alpha value is -1.40. The zero-order valence-electron chi connectivity index (χ0n) is 14.7. The fourth-order valence-electron chi connectivity index (χ4n) is 3.10. The Morgan fingerprint density at radius 1 is 1.22 bits per heavy atom. The van der Waals surface area contributed by atoms with Crippen molar-refractivity contribution in [1.29, 1.82) is 0 Å². The zero-order valence-corrected chi connectivity index (χ0v) is 14.7. The van der Waals surface area contributed by atoms with Crippen molar-refractivity contribution in [1.82, 2.24) is 19.6 Å². The highest BCUT2D eigenvalue weighted by atomic mass is 16.4. The van der Waals surface area contributed by atoms with Crippen molar-refractivity contribution in [3.8, 4) is 0 Å². The molecule has 23 heavy (non-hydrogen) atoms. The second kappa shape index (κ2) is 8.45. The molecule has 1 aliphatic heterocycles. The Labute approximate surface area is 139 Å². The van der Waals surface area contributed by atoms with Gasteiger partial charge in [-0.15, -0.1) is 0 Å². The van der Waals surface area contributed by atoms with Crippen LogP contribution in [0.25, 0.3) is 0 Å². The first kappa shape index (κ1) is 17.9. The highest BCUT2D eigenvalue weighted by Crippen LogP contribution is 2.14. The van der Waals surface area contributed by atoms with Crippen LogP contribution in [0.4, 0.5) is 0 Å². The molecular formula is C17H30N4O2. The number of hydrogen-bond acceptors (Lipinski definition) is 4. The largest absolute Gasteiger partial charge is 0.478 e. The fraction of sp³-hybridized carbons (Fsp3) is 0.765. The summed E-state index contributed by atoms with van der Waals surface area (Å²) in [5, 5.41) is 13.3. The van der Waals surface area contributed by atoms with Crippen molar-refractivity contribution >= 4 is 5.97 Å². The molecule has 0 aliphatic carbocycles. The van der Waals surface area contributed by atoms with Crippen LogP contribution in [0.5, 0.6) is 0 Å². The van der Waals surface area contributed by atoms with Gasteiger partial charge in [-0.05, 0) is 18.9 Å². The van der Waals surface area contributed by atoms with Crippen molar-refractivity contribution in [3.63, 3.8) is 0 Å². The summed E-state index contributed by atoms with van der Waals surface area (Å²) in [5.41, 5.74) is 1.12. The minimum Gasteiger partial charge on any atom is -0.478 e. The molecule has 0 atom stereocenters. The van der Waals surface area contributed by atoms with Gasteiger partial charge < -0.3 is 10.0 Å². The molecule has 1 saturated heterocycles. The predicted molar refractivity (Wildman–Crippen MR) is 90.6 cm³/mol. The number of unbranched alkanes of at least 4 members (excludes halogenated alkanes) is 1. The number of carboxylic acids is 1. The number of carboxylic acid groups (broad SMARTS) is 1. The maximum Gasteiger partial charge on any atom is 0.339 e. The summed E-state index contributed by atoms with van der Waals surface area (Å²) in [6, 6.07) is 0. The van der Waals surface area contributed by atoms with E-state index in [0.717, 1.165) is 37.8 Å². The molecule has 6 heteroatoms. The maximum absolute atomic E-state index is 11.2. The topological polar surface area (TPSA) is 61.6 Å². The van der Waals surface area contributed by atoms with Gasteiger partial charge in [-0.2, -0.15) is 5.10 Å². The van der Waals surface area contributed by atoms with Gasteiger partial charge >= 0.3 is 5.97 Å². The summed E-state index contributed by atoms with van der Waals surface area (Å²) in [7, 11) is 1.81. The molecule has 1 aromatic heterocycles. The van der Waals surface area contributed by atoms with Crippen LogP contribution in [-0.4, -0.2) is 63.4 Å². The number of aromatic nitrogens is 2. The van der Waals surface area contributed by atoms with Crippen LogP contribution in [0.15, 0.2) is 6.20 Å². The van der Waals surface area contributed by atoms with Gasteiger partial charge in [0, 0.05) is 39.8 Å². The van der Waals surface area contributed by atoms with E-state index in [4.69, 9.17) is 0 Å². The summed E-state index contributed by atoms with van der Waals surface area (Å²) in [4.78, 5) is 16.1. The van der Waals surface area contributed by atoms with E-state index in [1.54, 1.807) is 4.68 Å². The lowest BCUT2D eigenvalue weighted by Crippen LogP contribution is -2.46. The van der Waals surface area contributed by atoms with Crippen LogP contribution in [0, 0.1) is 5.92 Å². The number of aromatic carboxylic acids is 1. The zero-order chi connectivity index (χ0) is 16.8. The smallest absolute Gasteiger partial charge is 0.339 e. The number of nitrogens with zero attached hydrogens (tertiary/aromatic N) is 4. The van der Waals surface area contributed by atoms with E-state index in [0.29, 0.717) is 12.1 Å². The molecule has 0 radical (unpaired) electrons. The summed E-state index contributed by atoms with van der Waals surface area (Å²) < 4.78 is 1.68. The second-order valence-corrected chi connectivity index (χ2v) is 6.94. The third-order valence-electron chi connectivity index (χ3n) is 4.64. The molecule has 0 bridgehead atoms. The highest BCUT2D eigenvalue weighted by Gasteiger charge is 2.21. The molecule has 2 rings (SSSR count). The Bertz CT molecular complexity index is 505. The Morgan fingerprint density at radius 3 is 2.48 bits per heavy atom. The molecule has 0 unspecified atom stereocenters. The Morgan fingerprint density at radius 2 is 1.87 bits per heavy atom. The first-order valence-corrected chi connectivity index (χ1v) is 8.66. The van der Waals surface area contributed by atoms with Crippen molar-refractivity contribution in [3.05, 3.63) is 17.5 Å². The van der Waals surface area contributed by atoms with Crippen molar-refractivity contribution in [2.45, 2.75) is 39.7 Å². The van der Waals surface area contributed by atoms with Gasteiger partial charge in [0.05, 0.1) is 11.9 Å². The molecule has 1 aliphatic rings. The van der Waals surface area contributed by atoms with Crippen LogP contribution in [0.1, 0.15) is 49.2 Å². The van der Waals surface area contributed by atoms with Crippen LogP contribution >= 0.6 is 0 Å². The van der Waals surface area contributed by atoms with Crippen LogP contribution in [0.3, 0.4) is 0 Å². The van der Waals surface area contributed by atoms with Gasteiger partial charge in [-0.25, -0.2) is 4.79 Å². The maximum atomic E-state index is 11.2. The minimum absolute atomic E-state index is 0.323. The van der Waals surface area contributed by atoms with E-state index >= 15 is 0 Å². The molecular weight excluding hydrogens is 292 g/mol. The van der Waals surface area contributed by atoms with Gasteiger partial charge in [0.2, 0.25) is 0 Å². The van der Waals surface area contributed by atoms with E-state index < -0.39 is 5.97 Å². The molecule has 1 N–H and O–H groups in total. The lowest BCUT2D eigenvalue weighted by Gasteiger charge is -2.34. The Kier molecular flexibility index (Phi) is 6.59. The molecule has 1 fully saturated rings. The van der Waals surface area contributed by atoms with E-state index in [1.165, 1.54) is 32.0 Å². The van der Waals surface area contributed by atoms with Gasteiger partial charge in [0.1, 0.15) is 5.56 Å². The van der Waals surface area contributed by atoms with Gasteiger partial charge in [0.25, 0.3) is 0 Å². The third kappa shape index (κ3) is 5.32. The predicted octanol–water partition coefficient (Wildman–Crippen LogP) is 2.06. The molecule has 0 spiro atoms. The minimum atomic E-state index is -0.892. The van der Waals surface area contributed by atoms with Gasteiger partial charge in [0.15, 0.2) is 0 Å². The quantitative estimate of drug-likeness (QED) is 0.742. The van der Waals surface area contributed by atoms with Crippen LogP contribution in [0.2, 0.25) is 0 Å².